The Morgan fingerprint density at radius 1 is 1.53 bits per heavy atom. The number of hydrogen-bond acceptors (Lipinski definition) is 4. The van der Waals surface area contributed by atoms with Crippen molar-refractivity contribution in [2.75, 3.05) is 7.11 Å². The van der Waals surface area contributed by atoms with Gasteiger partial charge < -0.3 is 14.6 Å². The fourth-order valence-corrected chi connectivity index (χ4v) is 2.40. The summed E-state index contributed by atoms with van der Waals surface area (Å²) < 4.78 is 10.6. The van der Waals surface area contributed by atoms with E-state index in [0.717, 1.165) is 12.8 Å². The minimum atomic E-state index is -0.447. The second kappa shape index (κ2) is 6.36. The lowest BCUT2D eigenvalue weighted by Gasteiger charge is -2.38. The lowest BCUT2D eigenvalue weighted by atomic mass is 9.86. The van der Waals surface area contributed by atoms with Crippen molar-refractivity contribution >= 4 is 5.97 Å². The maximum absolute atomic E-state index is 11.5. The Morgan fingerprint density at radius 2 is 2.18 bits per heavy atom. The van der Waals surface area contributed by atoms with E-state index >= 15 is 0 Å². The summed E-state index contributed by atoms with van der Waals surface area (Å²) in [6, 6.07) is 0. The topological polar surface area (TPSA) is 55.8 Å². The number of rotatable bonds is 4. The molecule has 0 unspecified atom stereocenters. The highest BCUT2D eigenvalue weighted by atomic mass is 16.5. The Balaban J connectivity index is 2.63. The minimum Gasteiger partial charge on any atom is -0.469 e. The van der Waals surface area contributed by atoms with Crippen LogP contribution < -0.4 is 0 Å². The number of carbonyl (C=O) groups is 1. The maximum Gasteiger partial charge on any atom is 0.311 e. The van der Waals surface area contributed by atoms with Gasteiger partial charge in [0.25, 0.3) is 0 Å². The molecule has 1 aliphatic rings. The number of aliphatic hydroxyl groups excluding tert-OH is 1. The van der Waals surface area contributed by atoms with Gasteiger partial charge in [-0.25, -0.2) is 0 Å². The van der Waals surface area contributed by atoms with E-state index in [1.54, 1.807) is 0 Å². The summed E-state index contributed by atoms with van der Waals surface area (Å²) in [4.78, 5) is 11.5. The van der Waals surface area contributed by atoms with E-state index < -0.39 is 6.10 Å². The van der Waals surface area contributed by atoms with Crippen molar-refractivity contribution in [2.24, 2.45) is 11.8 Å². The molecule has 0 radical (unpaired) electrons. The highest BCUT2D eigenvalue weighted by Crippen LogP contribution is 2.31. The van der Waals surface area contributed by atoms with Crippen molar-refractivity contribution in [1.29, 1.82) is 0 Å². The molecule has 4 heteroatoms. The molecule has 4 nitrogen and oxygen atoms in total. The molecule has 0 aromatic carbocycles. The SMILES string of the molecule is CC[C@@H](O)[C@@H]1O[C@@H]([C@@H](C)C(=O)OC)CC[C@@H]1C. The number of methoxy groups -OCH3 is 1. The molecule has 0 bridgehead atoms. The predicted molar refractivity (Wildman–Crippen MR) is 64.5 cm³/mol. The lowest BCUT2D eigenvalue weighted by molar-refractivity contribution is -0.169. The molecule has 1 N–H and O–H groups in total. The molecule has 1 saturated heterocycles. The van der Waals surface area contributed by atoms with Crippen LogP contribution in [0.1, 0.15) is 40.0 Å². The summed E-state index contributed by atoms with van der Waals surface area (Å²) >= 11 is 0. The quantitative estimate of drug-likeness (QED) is 0.765. The van der Waals surface area contributed by atoms with Crippen LogP contribution >= 0.6 is 0 Å². The lowest BCUT2D eigenvalue weighted by Crippen LogP contribution is -2.45. The Morgan fingerprint density at radius 3 is 2.71 bits per heavy atom. The summed E-state index contributed by atoms with van der Waals surface area (Å²) in [6.07, 6.45) is 1.76. The van der Waals surface area contributed by atoms with Gasteiger partial charge in [0.2, 0.25) is 0 Å². The molecule has 0 aromatic rings. The van der Waals surface area contributed by atoms with Gasteiger partial charge in [-0.2, -0.15) is 0 Å². The Kier molecular flexibility index (Phi) is 5.40. The first-order chi connectivity index (χ1) is 8.01. The van der Waals surface area contributed by atoms with Gasteiger partial charge in [-0.15, -0.1) is 0 Å². The van der Waals surface area contributed by atoms with Gasteiger partial charge in [0.1, 0.15) is 0 Å². The van der Waals surface area contributed by atoms with Crippen molar-refractivity contribution in [3.8, 4) is 0 Å². The van der Waals surface area contributed by atoms with Gasteiger partial charge in [0.05, 0.1) is 31.3 Å². The summed E-state index contributed by atoms with van der Waals surface area (Å²) in [5.74, 6) is -0.167. The first-order valence-corrected chi connectivity index (χ1v) is 6.42. The van der Waals surface area contributed by atoms with E-state index in [1.807, 2.05) is 13.8 Å². The van der Waals surface area contributed by atoms with Crippen molar-refractivity contribution in [3.05, 3.63) is 0 Å². The zero-order valence-electron chi connectivity index (χ0n) is 11.2. The van der Waals surface area contributed by atoms with Crippen molar-refractivity contribution < 1.29 is 19.4 Å². The van der Waals surface area contributed by atoms with Crippen LogP contribution in [0.3, 0.4) is 0 Å². The number of esters is 1. The van der Waals surface area contributed by atoms with E-state index in [1.165, 1.54) is 7.11 Å². The van der Waals surface area contributed by atoms with Crippen LogP contribution in [0.15, 0.2) is 0 Å². The molecule has 0 aromatic heterocycles. The first-order valence-electron chi connectivity index (χ1n) is 6.42. The van der Waals surface area contributed by atoms with Gasteiger partial charge in [-0.1, -0.05) is 13.8 Å². The van der Waals surface area contributed by atoms with Crippen LogP contribution in [0, 0.1) is 11.8 Å². The van der Waals surface area contributed by atoms with E-state index in [2.05, 4.69) is 6.92 Å². The molecule has 5 atom stereocenters. The van der Waals surface area contributed by atoms with Gasteiger partial charge in [0.15, 0.2) is 0 Å². The number of carbonyl (C=O) groups excluding carboxylic acids is 1. The second-order valence-electron chi connectivity index (χ2n) is 4.98. The molecule has 0 amide bonds. The highest BCUT2D eigenvalue weighted by molar-refractivity contribution is 5.72. The van der Waals surface area contributed by atoms with Gasteiger partial charge in [0, 0.05) is 0 Å². The zero-order valence-corrected chi connectivity index (χ0v) is 11.2. The Labute approximate surface area is 103 Å². The normalized spacial score (nSPS) is 32.9. The van der Waals surface area contributed by atoms with Crippen LogP contribution in [0.2, 0.25) is 0 Å². The van der Waals surface area contributed by atoms with E-state index in [4.69, 9.17) is 9.47 Å². The molecule has 1 rings (SSSR count). The van der Waals surface area contributed by atoms with Crippen molar-refractivity contribution in [3.63, 3.8) is 0 Å². The molecule has 17 heavy (non-hydrogen) atoms. The van der Waals surface area contributed by atoms with Crippen LogP contribution in [-0.2, 0) is 14.3 Å². The summed E-state index contributed by atoms with van der Waals surface area (Å²) in [7, 11) is 1.39. The average Bonchev–Trinajstić information content (AvgIpc) is 2.36. The highest BCUT2D eigenvalue weighted by Gasteiger charge is 2.37. The fraction of sp³-hybridized carbons (Fsp3) is 0.923. The van der Waals surface area contributed by atoms with Crippen LogP contribution in [-0.4, -0.2) is 36.5 Å². The molecule has 0 saturated carbocycles. The standard InChI is InChI=1S/C13H24O4/c1-5-10(14)12-8(2)6-7-11(17-12)9(3)13(15)16-4/h8-12,14H,5-7H2,1-4H3/t8-,9+,10+,11+,12+/m0/s1. The van der Waals surface area contributed by atoms with E-state index in [9.17, 15) is 9.90 Å². The first kappa shape index (κ1) is 14.5. The zero-order chi connectivity index (χ0) is 13.0. The largest absolute Gasteiger partial charge is 0.469 e. The third-order valence-corrected chi connectivity index (χ3v) is 3.73. The van der Waals surface area contributed by atoms with Crippen LogP contribution in [0.4, 0.5) is 0 Å². The summed E-state index contributed by atoms with van der Waals surface area (Å²) in [5.41, 5.74) is 0. The molecule has 0 aliphatic carbocycles. The van der Waals surface area contributed by atoms with Crippen molar-refractivity contribution in [1.82, 2.24) is 0 Å². The summed E-state index contributed by atoms with van der Waals surface area (Å²) in [6.45, 7) is 5.85. The minimum absolute atomic E-state index is 0.134. The molecule has 0 spiro atoms. The second-order valence-corrected chi connectivity index (χ2v) is 4.98. The Bertz CT molecular complexity index is 250. The molecular weight excluding hydrogens is 220 g/mol. The number of aliphatic hydroxyl groups is 1. The smallest absolute Gasteiger partial charge is 0.311 e. The van der Waals surface area contributed by atoms with Crippen LogP contribution in [0.5, 0.6) is 0 Å². The Hall–Kier alpha value is -0.610. The summed E-state index contributed by atoms with van der Waals surface area (Å²) in [5, 5.41) is 9.91. The molecule has 1 aliphatic heterocycles. The molecule has 100 valence electrons. The van der Waals surface area contributed by atoms with Gasteiger partial charge in [-0.05, 0) is 32.1 Å². The van der Waals surface area contributed by atoms with Crippen molar-refractivity contribution in [2.45, 2.75) is 58.3 Å². The van der Waals surface area contributed by atoms with E-state index in [0.29, 0.717) is 12.3 Å². The number of hydrogen-bond donors (Lipinski definition) is 1. The van der Waals surface area contributed by atoms with E-state index in [-0.39, 0.29) is 24.1 Å². The van der Waals surface area contributed by atoms with Gasteiger partial charge >= 0.3 is 5.97 Å². The number of ether oxygens (including phenoxy) is 2. The molecular formula is C13H24O4. The van der Waals surface area contributed by atoms with Gasteiger partial charge in [-0.3, -0.25) is 4.79 Å². The molecule has 1 fully saturated rings. The maximum atomic E-state index is 11.5. The molecule has 1 heterocycles. The third kappa shape index (κ3) is 3.42. The third-order valence-electron chi connectivity index (χ3n) is 3.73. The fourth-order valence-electron chi connectivity index (χ4n) is 2.40. The average molecular weight is 244 g/mol. The predicted octanol–water partition coefficient (Wildman–Crippen LogP) is 1.75. The monoisotopic (exact) mass is 244 g/mol. The van der Waals surface area contributed by atoms with Crippen LogP contribution in [0.25, 0.3) is 0 Å².